The second-order valence-corrected chi connectivity index (χ2v) is 9.32. The number of carbonyl (C=O) groups excluding carboxylic acids is 1. The van der Waals surface area contributed by atoms with E-state index in [2.05, 4.69) is 46.5 Å². The lowest BCUT2D eigenvalue weighted by Gasteiger charge is -2.24. The lowest BCUT2D eigenvalue weighted by molar-refractivity contribution is -0.122. The van der Waals surface area contributed by atoms with Gasteiger partial charge in [0, 0.05) is 69.9 Å². The van der Waals surface area contributed by atoms with Crippen molar-refractivity contribution in [1.82, 2.24) is 35.1 Å². The molecule has 1 aliphatic carbocycles. The number of rotatable bonds is 5. The van der Waals surface area contributed by atoms with Crippen molar-refractivity contribution in [3.05, 3.63) is 73.6 Å². The van der Waals surface area contributed by atoms with Crippen molar-refractivity contribution in [2.45, 2.75) is 19.3 Å². The van der Waals surface area contributed by atoms with Gasteiger partial charge in [-0.25, -0.2) is 4.98 Å². The Hall–Kier alpha value is -4.92. The van der Waals surface area contributed by atoms with Gasteiger partial charge in [0.2, 0.25) is 5.91 Å². The Morgan fingerprint density at radius 1 is 0.892 bits per heavy atom. The Kier molecular flexibility index (Phi) is 4.99. The number of nitrogens with zero attached hydrogens (tertiary/aromatic N) is 5. The van der Waals surface area contributed by atoms with E-state index in [-0.39, 0.29) is 11.8 Å². The minimum absolute atomic E-state index is 0.0647. The zero-order valence-corrected chi connectivity index (χ0v) is 19.8. The van der Waals surface area contributed by atoms with Gasteiger partial charge in [0.05, 0.1) is 29.0 Å². The van der Waals surface area contributed by atoms with Gasteiger partial charge in [-0.2, -0.15) is 5.10 Å². The number of fused-ring (bicyclic) bond motifs is 2. The van der Waals surface area contributed by atoms with E-state index in [1.807, 2.05) is 36.5 Å². The molecule has 0 unspecified atom stereocenters. The Labute approximate surface area is 211 Å². The summed E-state index contributed by atoms with van der Waals surface area (Å²) in [5.41, 5.74) is 7.56. The highest BCUT2D eigenvalue weighted by molar-refractivity contribution is 6.00. The van der Waals surface area contributed by atoms with Crippen LogP contribution >= 0.6 is 0 Å². The van der Waals surface area contributed by atoms with Gasteiger partial charge in [0.15, 0.2) is 5.65 Å². The Balaban J connectivity index is 1.26. The quantitative estimate of drug-likeness (QED) is 0.301. The first-order valence-corrected chi connectivity index (χ1v) is 12.2. The van der Waals surface area contributed by atoms with Crippen molar-refractivity contribution in [2.24, 2.45) is 5.92 Å². The second kappa shape index (κ2) is 8.63. The molecule has 6 heterocycles. The molecule has 0 aliphatic heterocycles. The number of hydrogen-bond donors (Lipinski definition) is 3. The van der Waals surface area contributed by atoms with Gasteiger partial charge in [-0.1, -0.05) is 6.42 Å². The van der Waals surface area contributed by atoms with E-state index in [1.165, 1.54) is 0 Å². The summed E-state index contributed by atoms with van der Waals surface area (Å²) >= 11 is 0. The molecule has 0 spiro atoms. The Morgan fingerprint density at radius 3 is 2.62 bits per heavy atom. The molecule has 9 heteroatoms. The normalized spacial score (nSPS) is 13.6. The number of aromatic nitrogens is 7. The van der Waals surface area contributed by atoms with Crippen LogP contribution in [0.1, 0.15) is 19.3 Å². The summed E-state index contributed by atoms with van der Waals surface area (Å²) in [5.74, 6) is 0.176. The number of pyridine rings is 4. The fraction of sp³-hybridized carbons (Fsp3) is 0.143. The molecule has 6 aromatic rings. The summed E-state index contributed by atoms with van der Waals surface area (Å²) < 4.78 is 0. The second-order valence-electron chi connectivity index (χ2n) is 9.32. The number of hydrogen-bond acceptors (Lipinski definition) is 6. The van der Waals surface area contributed by atoms with Crippen LogP contribution < -0.4 is 5.32 Å². The van der Waals surface area contributed by atoms with Crippen LogP contribution in [0.5, 0.6) is 0 Å². The van der Waals surface area contributed by atoms with Crippen LogP contribution in [-0.4, -0.2) is 41.0 Å². The average molecular weight is 487 g/mol. The number of aromatic amines is 2. The highest BCUT2D eigenvalue weighted by atomic mass is 16.1. The maximum Gasteiger partial charge on any atom is 0.227 e. The first-order chi connectivity index (χ1) is 18.2. The fourth-order valence-electron chi connectivity index (χ4n) is 4.77. The Morgan fingerprint density at radius 2 is 1.78 bits per heavy atom. The van der Waals surface area contributed by atoms with E-state index in [9.17, 15) is 4.79 Å². The van der Waals surface area contributed by atoms with Crippen molar-refractivity contribution in [3.8, 4) is 33.8 Å². The molecule has 0 saturated heterocycles. The van der Waals surface area contributed by atoms with E-state index in [4.69, 9.17) is 0 Å². The molecule has 0 atom stereocenters. The molecule has 9 nitrogen and oxygen atoms in total. The lowest BCUT2D eigenvalue weighted by atomic mass is 9.85. The molecule has 3 N–H and O–H groups in total. The molecule has 0 aromatic carbocycles. The Bertz CT molecular complexity index is 1770. The monoisotopic (exact) mass is 486 g/mol. The predicted molar refractivity (Wildman–Crippen MR) is 141 cm³/mol. The van der Waals surface area contributed by atoms with Crippen LogP contribution in [0.15, 0.2) is 73.6 Å². The van der Waals surface area contributed by atoms with Crippen molar-refractivity contribution >= 4 is 33.5 Å². The highest BCUT2D eigenvalue weighted by Crippen LogP contribution is 2.34. The molecule has 37 heavy (non-hydrogen) atoms. The molecule has 1 amide bonds. The SMILES string of the molecule is O=C(Nc1cncc(-c2cnc3n[nH]c(-c4cc5c(-c6cccnc6)nccc5[nH]4)c3c2)c1)C1CCC1. The zero-order valence-electron chi connectivity index (χ0n) is 19.8. The first kappa shape index (κ1) is 21.4. The number of carbonyl (C=O) groups is 1. The van der Waals surface area contributed by atoms with Gasteiger partial charge < -0.3 is 10.3 Å². The average Bonchev–Trinajstić information content (AvgIpc) is 3.52. The number of H-pyrrole nitrogens is 2. The van der Waals surface area contributed by atoms with E-state index < -0.39 is 0 Å². The van der Waals surface area contributed by atoms with E-state index >= 15 is 0 Å². The maximum absolute atomic E-state index is 12.4. The molecule has 1 aliphatic rings. The molecular formula is C28H22N8O. The van der Waals surface area contributed by atoms with Crippen LogP contribution in [0.3, 0.4) is 0 Å². The van der Waals surface area contributed by atoms with Gasteiger partial charge in [-0.3, -0.25) is 24.8 Å². The zero-order chi connectivity index (χ0) is 24.8. The summed E-state index contributed by atoms with van der Waals surface area (Å²) in [5, 5.41) is 12.4. The highest BCUT2D eigenvalue weighted by Gasteiger charge is 2.25. The van der Waals surface area contributed by atoms with Crippen molar-refractivity contribution in [3.63, 3.8) is 0 Å². The van der Waals surface area contributed by atoms with Gasteiger partial charge in [0.1, 0.15) is 0 Å². The van der Waals surface area contributed by atoms with Crippen molar-refractivity contribution in [2.75, 3.05) is 5.32 Å². The van der Waals surface area contributed by atoms with Crippen molar-refractivity contribution in [1.29, 1.82) is 0 Å². The standard InChI is InChI=1S/C28H22N8O/c37-28(16-3-1-4-16)33-20-9-18(13-30-15-20)19-10-22-26(35-36-27(22)32-14-19)24-11-21-23(34-24)6-8-31-25(21)17-5-2-7-29-12-17/h2,5-16,34H,1,3-4H2,(H,33,37)(H,32,35,36). The first-order valence-electron chi connectivity index (χ1n) is 12.2. The number of nitrogens with one attached hydrogen (secondary N) is 3. The van der Waals surface area contributed by atoms with Gasteiger partial charge in [-0.05, 0) is 49.2 Å². The minimum atomic E-state index is 0.0647. The number of amides is 1. The van der Waals surface area contributed by atoms with Gasteiger partial charge in [0.25, 0.3) is 0 Å². The smallest absolute Gasteiger partial charge is 0.227 e. The third kappa shape index (κ3) is 3.81. The van der Waals surface area contributed by atoms with Crippen LogP contribution in [0, 0.1) is 5.92 Å². The third-order valence-corrected chi connectivity index (χ3v) is 6.98. The summed E-state index contributed by atoms with van der Waals surface area (Å²) in [7, 11) is 0. The van der Waals surface area contributed by atoms with Crippen LogP contribution in [0.4, 0.5) is 5.69 Å². The molecule has 7 rings (SSSR count). The largest absolute Gasteiger partial charge is 0.353 e. The molecule has 180 valence electrons. The van der Waals surface area contributed by atoms with Gasteiger partial charge in [-0.15, -0.1) is 0 Å². The summed E-state index contributed by atoms with van der Waals surface area (Å²) in [4.78, 5) is 33.7. The molecule has 1 fully saturated rings. The molecule has 0 radical (unpaired) electrons. The topological polar surface area (TPSA) is 125 Å². The molecule has 0 bridgehead atoms. The summed E-state index contributed by atoms with van der Waals surface area (Å²) in [6, 6.07) is 11.9. The summed E-state index contributed by atoms with van der Waals surface area (Å²) in [6.45, 7) is 0. The van der Waals surface area contributed by atoms with Crippen LogP contribution in [-0.2, 0) is 4.79 Å². The van der Waals surface area contributed by atoms with Crippen LogP contribution in [0.2, 0.25) is 0 Å². The lowest BCUT2D eigenvalue weighted by Crippen LogP contribution is -2.28. The van der Waals surface area contributed by atoms with Gasteiger partial charge >= 0.3 is 0 Å². The van der Waals surface area contributed by atoms with E-state index in [0.29, 0.717) is 11.3 Å². The third-order valence-electron chi connectivity index (χ3n) is 6.98. The van der Waals surface area contributed by atoms with E-state index in [0.717, 1.165) is 69.3 Å². The maximum atomic E-state index is 12.4. The minimum Gasteiger partial charge on any atom is -0.353 e. The predicted octanol–water partition coefficient (Wildman–Crippen LogP) is 5.36. The summed E-state index contributed by atoms with van der Waals surface area (Å²) in [6.07, 6.45) is 13.6. The molecular weight excluding hydrogens is 464 g/mol. The van der Waals surface area contributed by atoms with E-state index in [1.54, 1.807) is 31.0 Å². The molecule has 1 saturated carbocycles. The molecule has 6 aromatic heterocycles. The van der Waals surface area contributed by atoms with Crippen molar-refractivity contribution < 1.29 is 4.79 Å². The fourth-order valence-corrected chi connectivity index (χ4v) is 4.77. The number of anilines is 1. The van der Waals surface area contributed by atoms with Crippen LogP contribution in [0.25, 0.3) is 55.7 Å².